The molecule has 3 fully saturated rings. The zero-order chi connectivity index (χ0) is 20.9. The van der Waals surface area contributed by atoms with Crippen molar-refractivity contribution in [1.29, 1.82) is 0 Å². The third-order valence-corrected chi connectivity index (χ3v) is 7.94. The maximum absolute atomic E-state index is 13.3. The van der Waals surface area contributed by atoms with Crippen molar-refractivity contribution in [2.75, 3.05) is 13.7 Å². The number of ether oxygens (including phenoxy) is 5. The van der Waals surface area contributed by atoms with Crippen LogP contribution in [0.4, 0.5) is 0 Å². The molecular weight excluding hydrogens is 408 g/mol. The quantitative estimate of drug-likeness (QED) is 0.687. The topological polar surface area (TPSA) is 83.6 Å². The zero-order valence-electron chi connectivity index (χ0n) is 16.8. The van der Waals surface area contributed by atoms with Crippen LogP contribution in [-0.2, 0) is 33.5 Å². The van der Waals surface area contributed by atoms with E-state index >= 15 is 0 Å². The summed E-state index contributed by atoms with van der Waals surface area (Å²) in [6, 6.07) is 16.3. The molecule has 0 aliphatic carbocycles. The summed E-state index contributed by atoms with van der Waals surface area (Å²) >= 11 is 0. The fraction of sp³-hybridized carbons (Fsp3) is 0.455. The third-order valence-electron chi connectivity index (χ3n) is 5.95. The summed E-state index contributed by atoms with van der Waals surface area (Å²) in [6.07, 6.45) is -2.01. The summed E-state index contributed by atoms with van der Waals surface area (Å²) in [5.41, 5.74) is -0.205. The van der Waals surface area contributed by atoms with Crippen molar-refractivity contribution in [2.24, 2.45) is 0 Å². The number of hydrogen-bond donors (Lipinski definition) is 0. The van der Waals surface area contributed by atoms with Crippen molar-refractivity contribution < 1.29 is 32.1 Å². The molecule has 0 amide bonds. The fourth-order valence-electron chi connectivity index (χ4n) is 4.30. The van der Waals surface area contributed by atoms with Gasteiger partial charge in [-0.15, -0.1) is 0 Å². The molecule has 2 aromatic rings. The maximum atomic E-state index is 13.3. The molecule has 8 heteroatoms. The van der Waals surface area contributed by atoms with Crippen molar-refractivity contribution in [3.8, 4) is 0 Å². The van der Waals surface area contributed by atoms with Gasteiger partial charge in [-0.25, -0.2) is 8.42 Å². The van der Waals surface area contributed by atoms with Crippen LogP contribution in [0.15, 0.2) is 59.5 Å². The van der Waals surface area contributed by atoms with E-state index in [1.807, 2.05) is 37.3 Å². The molecule has 0 aromatic heterocycles. The van der Waals surface area contributed by atoms with E-state index in [1.54, 1.807) is 24.3 Å². The lowest BCUT2D eigenvalue weighted by Crippen LogP contribution is -2.58. The van der Waals surface area contributed by atoms with Crippen molar-refractivity contribution in [2.45, 2.75) is 54.1 Å². The molecule has 3 heterocycles. The first-order valence-corrected chi connectivity index (χ1v) is 11.5. The third kappa shape index (κ3) is 3.28. The van der Waals surface area contributed by atoms with Crippen molar-refractivity contribution in [1.82, 2.24) is 0 Å². The average Bonchev–Trinajstić information content (AvgIpc) is 3.49. The molecule has 3 aliphatic heterocycles. The van der Waals surface area contributed by atoms with Crippen molar-refractivity contribution >= 4 is 9.84 Å². The van der Waals surface area contributed by atoms with E-state index in [4.69, 9.17) is 23.7 Å². The van der Waals surface area contributed by atoms with Gasteiger partial charge in [-0.1, -0.05) is 48.0 Å². The zero-order valence-corrected chi connectivity index (χ0v) is 17.6. The molecule has 5 rings (SSSR count). The van der Waals surface area contributed by atoms with Gasteiger partial charge < -0.3 is 23.7 Å². The van der Waals surface area contributed by atoms with Crippen LogP contribution in [-0.4, -0.2) is 51.7 Å². The number of rotatable bonds is 4. The lowest BCUT2D eigenvalue weighted by Gasteiger charge is -2.44. The Balaban J connectivity index is 1.46. The standard InChI is InChI=1S/C22H24O7S/c1-14-8-10-16(11-9-14)30(23,24)21-22(29-21)12-18(25-2)27-17-13-26-20(28-19(17)22)15-6-4-3-5-7-15/h3-11,17-21H,12-13H2,1-2H3/t17-,18+,19-,20?,21?,22+/m1/s1. The highest BCUT2D eigenvalue weighted by Gasteiger charge is 2.73. The van der Waals surface area contributed by atoms with Gasteiger partial charge in [0, 0.05) is 19.1 Å². The van der Waals surface area contributed by atoms with E-state index in [0.717, 1.165) is 11.1 Å². The molecular formula is C22H24O7S. The molecule has 30 heavy (non-hydrogen) atoms. The molecule has 7 nitrogen and oxygen atoms in total. The smallest absolute Gasteiger partial charge is 0.208 e. The van der Waals surface area contributed by atoms with E-state index in [0.29, 0.717) is 0 Å². The Hall–Kier alpha value is -1.81. The highest BCUT2D eigenvalue weighted by atomic mass is 32.2. The van der Waals surface area contributed by atoms with E-state index in [-0.39, 0.29) is 17.9 Å². The Morgan fingerprint density at radius 2 is 1.77 bits per heavy atom. The molecule has 0 saturated carbocycles. The first-order chi connectivity index (χ1) is 14.4. The Morgan fingerprint density at radius 3 is 2.47 bits per heavy atom. The number of fused-ring (bicyclic) bond motifs is 2. The Kier molecular flexibility index (Phi) is 4.96. The SMILES string of the molecule is CO[C@@H]1C[C@]2(OC2S(=O)(=O)c2ccc(C)cc2)[C@@H]2OC(c3ccccc3)OC[C@H]2O1. The molecule has 2 aromatic carbocycles. The van der Waals surface area contributed by atoms with Gasteiger partial charge in [0.05, 0.1) is 11.5 Å². The minimum Gasteiger partial charge on any atom is -0.356 e. The number of hydrogen-bond acceptors (Lipinski definition) is 7. The maximum Gasteiger partial charge on any atom is 0.208 e. The molecule has 6 atom stereocenters. The minimum atomic E-state index is -3.71. The van der Waals surface area contributed by atoms with Crippen LogP contribution < -0.4 is 0 Å². The largest absolute Gasteiger partial charge is 0.356 e. The Labute approximate surface area is 175 Å². The lowest BCUT2D eigenvalue weighted by molar-refractivity contribution is -0.329. The van der Waals surface area contributed by atoms with Crippen molar-refractivity contribution in [3.05, 3.63) is 65.7 Å². The average molecular weight is 432 g/mol. The summed E-state index contributed by atoms with van der Waals surface area (Å²) in [6.45, 7) is 2.17. The predicted molar refractivity (Wildman–Crippen MR) is 106 cm³/mol. The van der Waals surface area contributed by atoms with Gasteiger partial charge in [0.1, 0.15) is 17.8 Å². The molecule has 1 spiro atoms. The van der Waals surface area contributed by atoms with Crippen LogP contribution in [0.25, 0.3) is 0 Å². The van der Waals surface area contributed by atoms with Gasteiger partial charge in [-0.3, -0.25) is 0 Å². The second-order valence-corrected chi connectivity index (χ2v) is 9.93. The normalized spacial score (nSPS) is 35.7. The van der Waals surface area contributed by atoms with Gasteiger partial charge in [0.2, 0.25) is 9.84 Å². The summed E-state index contributed by atoms with van der Waals surface area (Å²) in [5.74, 6) is 0. The predicted octanol–water partition coefficient (Wildman–Crippen LogP) is 2.74. The van der Waals surface area contributed by atoms with Crippen LogP contribution in [0.1, 0.15) is 23.8 Å². The van der Waals surface area contributed by atoms with Gasteiger partial charge in [-0.05, 0) is 19.1 Å². The van der Waals surface area contributed by atoms with Gasteiger partial charge in [-0.2, -0.15) is 0 Å². The number of benzene rings is 2. The van der Waals surface area contributed by atoms with E-state index in [9.17, 15) is 8.42 Å². The summed E-state index contributed by atoms with van der Waals surface area (Å²) in [4.78, 5) is 0.235. The van der Waals surface area contributed by atoms with E-state index in [2.05, 4.69) is 0 Å². The first kappa shape index (κ1) is 20.1. The van der Waals surface area contributed by atoms with Gasteiger partial charge in [0.25, 0.3) is 0 Å². The highest BCUT2D eigenvalue weighted by molar-refractivity contribution is 7.92. The molecule has 3 aliphatic rings. The molecule has 0 bridgehead atoms. The molecule has 0 radical (unpaired) electrons. The van der Waals surface area contributed by atoms with Crippen LogP contribution in [0.2, 0.25) is 0 Å². The van der Waals surface area contributed by atoms with Crippen LogP contribution in [0, 0.1) is 6.92 Å². The van der Waals surface area contributed by atoms with Crippen molar-refractivity contribution in [3.63, 3.8) is 0 Å². The summed E-state index contributed by atoms with van der Waals surface area (Å²) in [5, 5.41) is 0. The number of methoxy groups -OCH3 is 1. The summed E-state index contributed by atoms with van der Waals surface area (Å²) < 4.78 is 56.0. The van der Waals surface area contributed by atoms with Crippen LogP contribution >= 0.6 is 0 Å². The Bertz CT molecular complexity index is 1010. The van der Waals surface area contributed by atoms with Gasteiger partial charge in [0.15, 0.2) is 18.0 Å². The molecule has 2 unspecified atom stereocenters. The second kappa shape index (κ2) is 7.40. The monoisotopic (exact) mass is 432 g/mol. The fourth-order valence-corrected chi connectivity index (χ4v) is 6.13. The van der Waals surface area contributed by atoms with Crippen LogP contribution in [0.5, 0.6) is 0 Å². The second-order valence-electron chi connectivity index (χ2n) is 7.94. The summed E-state index contributed by atoms with van der Waals surface area (Å²) in [7, 11) is -2.18. The molecule has 3 saturated heterocycles. The van der Waals surface area contributed by atoms with Gasteiger partial charge >= 0.3 is 0 Å². The first-order valence-electron chi connectivity index (χ1n) is 9.93. The number of sulfone groups is 1. The molecule has 160 valence electrons. The molecule has 0 N–H and O–H groups in total. The van der Waals surface area contributed by atoms with E-state index < -0.39 is 45.7 Å². The minimum absolute atomic E-state index is 0.235. The van der Waals surface area contributed by atoms with Crippen LogP contribution in [0.3, 0.4) is 0 Å². The number of aryl methyl sites for hydroxylation is 1. The number of epoxide rings is 1. The van der Waals surface area contributed by atoms with E-state index in [1.165, 1.54) is 7.11 Å². The Morgan fingerprint density at radius 1 is 1.03 bits per heavy atom. The lowest BCUT2D eigenvalue weighted by atomic mass is 9.91. The highest BCUT2D eigenvalue weighted by Crippen LogP contribution is 2.55.